The van der Waals surface area contributed by atoms with E-state index in [1.807, 2.05) is 0 Å². The number of amides is 3. The Bertz CT molecular complexity index is 806. The molecule has 3 amide bonds. The number of thioether (sulfide) groups is 2. The van der Waals surface area contributed by atoms with Gasteiger partial charge in [0.25, 0.3) is 5.24 Å². The van der Waals surface area contributed by atoms with Crippen LogP contribution in [-0.2, 0) is 9.59 Å². The van der Waals surface area contributed by atoms with Gasteiger partial charge in [-0.05, 0) is 43.0 Å². The summed E-state index contributed by atoms with van der Waals surface area (Å²) in [6.07, 6.45) is 0. The first-order chi connectivity index (χ1) is 12.8. The van der Waals surface area contributed by atoms with Gasteiger partial charge >= 0.3 is 0 Å². The number of nitrogens with zero attached hydrogens (tertiary/aromatic N) is 2. The highest BCUT2D eigenvalue weighted by Gasteiger charge is 2.10. The molecule has 2 rings (SSSR count). The molecule has 1 aromatic carbocycles. The van der Waals surface area contributed by atoms with Crippen molar-refractivity contribution in [3.63, 3.8) is 0 Å². The third kappa shape index (κ3) is 7.35. The van der Waals surface area contributed by atoms with Crippen molar-refractivity contribution < 1.29 is 18.9 Å². The number of anilines is 2. The first-order valence-electron chi connectivity index (χ1n) is 7.93. The summed E-state index contributed by atoms with van der Waals surface area (Å²) in [5, 5.41) is 8.94. The SMILES string of the molecule is Cc1cc(NC(=O)CSCC(=O)Nc2ccc(SC(=O)N(C)C)cc2)no1. The average Bonchev–Trinajstić information content (AvgIpc) is 3.01. The lowest BCUT2D eigenvalue weighted by molar-refractivity contribution is -0.114. The van der Waals surface area contributed by atoms with Gasteiger partial charge in [-0.25, -0.2) is 0 Å². The molecule has 0 radical (unpaired) electrons. The van der Waals surface area contributed by atoms with Gasteiger partial charge in [-0.2, -0.15) is 0 Å². The molecule has 0 fully saturated rings. The Morgan fingerprint density at radius 3 is 2.26 bits per heavy atom. The molecule has 2 aromatic rings. The highest BCUT2D eigenvalue weighted by molar-refractivity contribution is 8.13. The molecule has 0 atom stereocenters. The van der Waals surface area contributed by atoms with Crippen LogP contribution in [0.2, 0.25) is 0 Å². The van der Waals surface area contributed by atoms with Gasteiger partial charge in [0, 0.05) is 30.7 Å². The van der Waals surface area contributed by atoms with Crippen LogP contribution in [0.5, 0.6) is 0 Å². The van der Waals surface area contributed by atoms with Gasteiger partial charge < -0.3 is 20.1 Å². The van der Waals surface area contributed by atoms with Gasteiger partial charge in [-0.1, -0.05) is 5.16 Å². The van der Waals surface area contributed by atoms with Crippen LogP contribution < -0.4 is 10.6 Å². The summed E-state index contributed by atoms with van der Waals surface area (Å²) < 4.78 is 4.86. The largest absolute Gasteiger partial charge is 0.360 e. The van der Waals surface area contributed by atoms with Gasteiger partial charge in [0.2, 0.25) is 11.8 Å². The molecule has 0 saturated carbocycles. The highest BCUT2D eigenvalue weighted by Crippen LogP contribution is 2.22. The fourth-order valence-corrected chi connectivity index (χ4v) is 3.11. The zero-order valence-corrected chi connectivity index (χ0v) is 16.8. The number of rotatable bonds is 7. The molecule has 144 valence electrons. The summed E-state index contributed by atoms with van der Waals surface area (Å²) in [4.78, 5) is 37.6. The molecule has 2 N–H and O–H groups in total. The molecule has 0 spiro atoms. The summed E-state index contributed by atoms with van der Waals surface area (Å²) in [6, 6.07) is 8.61. The Balaban J connectivity index is 1.70. The number of benzene rings is 1. The third-order valence-electron chi connectivity index (χ3n) is 3.07. The zero-order valence-electron chi connectivity index (χ0n) is 15.1. The van der Waals surface area contributed by atoms with Crippen molar-refractivity contribution in [2.45, 2.75) is 11.8 Å². The van der Waals surface area contributed by atoms with Crippen LogP contribution in [0.1, 0.15) is 5.76 Å². The maximum Gasteiger partial charge on any atom is 0.285 e. The first-order valence-corrected chi connectivity index (χ1v) is 9.90. The minimum absolute atomic E-state index is 0.0674. The van der Waals surface area contributed by atoms with Crippen LogP contribution in [0, 0.1) is 6.92 Å². The highest BCUT2D eigenvalue weighted by atomic mass is 32.2. The van der Waals surface area contributed by atoms with Crippen LogP contribution in [-0.4, -0.2) is 52.7 Å². The van der Waals surface area contributed by atoms with Crippen molar-refractivity contribution >= 4 is 52.1 Å². The van der Waals surface area contributed by atoms with Crippen molar-refractivity contribution in [2.24, 2.45) is 0 Å². The molecule has 8 nitrogen and oxygen atoms in total. The molecule has 0 unspecified atom stereocenters. The Hall–Kier alpha value is -2.46. The van der Waals surface area contributed by atoms with E-state index in [-0.39, 0.29) is 28.6 Å². The van der Waals surface area contributed by atoms with Crippen molar-refractivity contribution in [1.82, 2.24) is 10.1 Å². The number of aryl methyl sites for hydroxylation is 1. The summed E-state index contributed by atoms with van der Waals surface area (Å²) >= 11 is 2.31. The van der Waals surface area contributed by atoms with Crippen molar-refractivity contribution in [3.8, 4) is 0 Å². The first kappa shape index (κ1) is 20.8. The molecule has 10 heteroatoms. The van der Waals surface area contributed by atoms with E-state index in [4.69, 9.17) is 4.52 Å². The average molecular weight is 409 g/mol. The van der Waals surface area contributed by atoms with Crippen LogP contribution in [0.3, 0.4) is 0 Å². The third-order valence-corrected chi connectivity index (χ3v) is 5.05. The van der Waals surface area contributed by atoms with E-state index < -0.39 is 0 Å². The second kappa shape index (κ2) is 10.0. The number of hydrogen-bond donors (Lipinski definition) is 2. The molecule has 27 heavy (non-hydrogen) atoms. The van der Waals surface area contributed by atoms with E-state index in [1.54, 1.807) is 51.4 Å². The standard InChI is InChI=1S/C17H20N4O4S2/c1-11-8-14(20-25-11)19-16(23)10-26-9-15(22)18-12-4-6-13(7-5-12)27-17(24)21(2)3/h4-8H,9-10H2,1-3H3,(H,18,22)(H,19,20,23). The fraction of sp³-hybridized carbons (Fsp3) is 0.294. The summed E-state index contributed by atoms with van der Waals surface area (Å²) in [7, 11) is 3.38. The van der Waals surface area contributed by atoms with E-state index in [2.05, 4.69) is 15.8 Å². The Kier molecular flexibility index (Phi) is 7.74. The molecular weight excluding hydrogens is 388 g/mol. The maximum absolute atomic E-state index is 12.0. The number of carbonyl (C=O) groups excluding carboxylic acids is 3. The molecular formula is C17H20N4O4S2. The van der Waals surface area contributed by atoms with Gasteiger partial charge in [-0.3, -0.25) is 14.4 Å². The quantitative estimate of drug-likeness (QED) is 0.678. The molecule has 0 aliphatic heterocycles. The van der Waals surface area contributed by atoms with Crippen LogP contribution >= 0.6 is 23.5 Å². The second-order valence-electron chi connectivity index (χ2n) is 5.70. The van der Waals surface area contributed by atoms with E-state index in [0.29, 0.717) is 17.3 Å². The fourth-order valence-electron chi connectivity index (χ4n) is 1.84. The Morgan fingerprint density at radius 1 is 1.07 bits per heavy atom. The second-order valence-corrected chi connectivity index (χ2v) is 7.71. The van der Waals surface area contributed by atoms with Gasteiger partial charge in [-0.15, -0.1) is 11.8 Å². The number of carbonyl (C=O) groups is 3. The zero-order chi connectivity index (χ0) is 19.8. The summed E-state index contributed by atoms with van der Waals surface area (Å²) in [5.74, 6) is 0.756. The Labute approximate surface area is 165 Å². The maximum atomic E-state index is 12.0. The predicted octanol–water partition coefficient (Wildman–Crippen LogP) is 3.07. The van der Waals surface area contributed by atoms with Crippen molar-refractivity contribution in [1.29, 1.82) is 0 Å². The molecule has 1 heterocycles. The van der Waals surface area contributed by atoms with Gasteiger partial charge in [0.05, 0.1) is 11.5 Å². The number of aromatic nitrogens is 1. The Morgan fingerprint density at radius 2 is 1.70 bits per heavy atom. The van der Waals surface area contributed by atoms with Gasteiger partial charge in [0.15, 0.2) is 5.82 Å². The molecule has 0 bridgehead atoms. The van der Waals surface area contributed by atoms with Crippen molar-refractivity contribution in [2.75, 3.05) is 36.2 Å². The summed E-state index contributed by atoms with van der Waals surface area (Å²) in [5.41, 5.74) is 0.629. The predicted molar refractivity (Wildman–Crippen MR) is 107 cm³/mol. The van der Waals surface area contributed by atoms with E-state index in [1.165, 1.54) is 16.7 Å². The van der Waals surface area contributed by atoms with Crippen LogP contribution in [0.15, 0.2) is 39.8 Å². The van der Waals surface area contributed by atoms with Crippen LogP contribution in [0.4, 0.5) is 16.3 Å². The topological polar surface area (TPSA) is 105 Å². The van der Waals surface area contributed by atoms with E-state index in [9.17, 15) is 14.4 Å². The number of hydrogen-bond acceptors (Lipinski definition) is 7. The summed E-state index contributed by atoms with van der Waals surface area (Å²) in [6.45, 7) is 1.73. The lowest BCUT2D eigenvalue weighted by Crippen LogP contribution is -2.18. The lowest BCUT2D eigenvalue weighted by atomic mass is 10.3. The molecule has 0 aliphatic rings. The minimum Gasteiger partial charge on any atom is -0.360 e. The van der Waals surface area contributed by atoms with E-state index >= 15 is 0 Å². The monoisotopic (exact) mass is 408 g/mol. The van der Waals surface area contributed by atoms with Gasteiger partial charge in [0.1, 0.15) is 5.76 Å². The smallest absolute Gasteiger partial charge is 0.285 e. The number of nitrogens with one attached hydrogen (secondary N) is 2. The molecule has 0 aliphatic carbocycles. The minimum atomic E-state index is -0.256. The molecule has 0 saturated heterocycles. The lowest BCUT2D eigenvalue weighted by Gasteiger charge is -2.09. The molecule has 1 aromatic heterocycles. The van der Waals surface area contributed by atoms with E-state index in [0.717, 1.165) is 16.7 Å². The van der Waals surface area contributed by atoms with Crippen LogP contribution in [0.25, 0.3) is 0 Å². The normalized spacial score (nSPS) is 10.3. The van der Waals surface area contributed by atoms with Crippen molar-refractivity contribution in [3.05, 3.63) is 36.1 Å².